The van der Waals surface area contributed by atoms with Crippen molar-refractivity contribution in [2.75, 3.05) is 0 Å². The first-order valence-electron chi connectivity index (χ1n) is 21.3. The van der Waals surface area contributed by atoms with Gasteiger partial charge in [0.05, 0.1) is 22.1 Å². The second kappa shape index (κ2) is 14.9. The molecule has 5 heteroatoms. The zero-order valence-electron chi connectivity index (χ0n) is 34.5. The highest BCUT2D eigenvalue weighted by atomic mass is 15.0. The number of nitrogens with zero attached hydrogens (tertiary/aromatic N) is 5. The Kier molecular flexibility index (Phi) is 8.64. The van der Waals surface area contributed by atoms with Gasteiger partial charge in [0, 0.05) is 49.6 Å². The van der Waals surface area contributed by atoms with Gasteiger partial charge in [-0.05, 0) is 83.8 Å². The number of fused-ring (bicyclic) bond motifs is 6. The van der Waals surface area contributed by atoms with Crippen molar-refractivity contribution in [3.05, 3.63) is 224 Å². The molecule has 0 bridgehead atoms. The van der Waals surface area contributed by atoms with E-state index in [1.165, 1.54) is 38.1 Å². The predicted molar refractivity (Wildman–Crippen MR) is 260 cm³/mol. The quantitative estimate of drug-likeness (QED) is 0.161. The summed E-state index contributed by atoms with van der Waals surface area (Å²) in [5.41, 5.74) is 15.1. The van der Waals surface area contributed by atoms with Gasteiger partial charge in [-0.15, -0.1) is 0 Å². The maximum absolute atomic E-state index is 5.28. The SMILES string of the molecule is Cc1cccc(-c2nc(-c3ccc(-c4ccccc4)cc3)nc(-c3cc(-c4ccccc4)cc(-n4c5ccccc5c5ccc(-n6c7ccccc7c7ccccc76)cc54)c3)n2)c1. The van der Waals surface area contributed by atoms with E-state index in [-0.39, 0.29) is 0 Å². The van der Waals surface area contributed by atoms with Gasteiger partial charge < -0.3 is 9.13 Å². The summed E-state index contributed by atoms with van der Waals surface area (Å²) in [6.07, 6.45) is 0. The fourth-order valence-electron chi connectivity index (χ4n) is 9.23. The number of hydrogen-bond acceptors (Lipinski definition) is 3. The molecule has 9 aromatic carbocycles. The van der Waals surface area contributed by atoms with E-state index < -0.39 is 0 Å². The summed E-state index contributed by atoms with van der Waals surface area (Å²) in [6.45, 7) is 2.10. The van der Waals surface area contributed by atoms with Crippen LogP contribution in [-0.4, -0.2) is 24.1 Å². The van der Waals surface area contributed by atoms with Crippen molar-refractivity contribution in [2.45, 2.75) is 6.92 Å². The third kappa shape index (κ3) is 6.37. The highest BCUT2D eigenvalue weighted by molar-refractivity contribution is 6.12. The summed E-state index contributed by atoms with van der Waals surface area (Å²) in [5.74, 6) is 1.86. The van der Waals surface area contributed by atoms with Gasteiger partial charge in [-0.2, -0.15) is 0 Å². The van der Waals surface area contributed by atoms with Gasteiger partial charge in [-0.25, -0.2) is 15.0 Å². The third-order valence-electron chi connectivity index (χ3n) is 12.2. The van der Waals surface area contributed by atoms with E-state index in [2.05, 4.69) is 228 Å². The number of para-hydroxylation sites is 3. The molecule has 0 fully saturated rings. The number of aryl methyl sites for hydroxylation is 1. The van der Waals surface area contributed by atoms with E-state index >= 15 is 0 Å². The fourth-order valence-corrected chi connectivity index (χ4v) is 9.23. The van der Waals surface area contributed by atoms with Gasteiger partial charge in [-0.3, -0.25) is 0 Å². The molecule has 3 heterocycles. The van der Waals surface area contributed by atoms with Crippen molar-refractivity contribution in [3.63, 3.8) is 0 Å². The lowest BCUT2D eigenvalue weighted by atomic mass is 10.0. The lowest BCUT2D eigenvalue weighted by Crippen LogP contribution is -2.02. The van der Waals surface area contributed by atoms with Gasteiger partial charge >= 0.3 is 0 Å². The summed E-state index contributed by atoms with van der Waals surface area (Å²) in [6, 6.07) is 77.6. The Hall–Kier alpha value is -8.41. The summed E-state index contributed by atoms with van der Waals surface area (Å²) >= 11 is 0. The summed E-state index contributed by atoms with van der Waals surface area (Å²) in [4.78, 5) is 15.7. The Morgan fingerprint density at radius 2 is 0.714 bits per heavy atom. The number of benzene rings is 9. The van der Waals surface area contributed by atoms with Gasteiger partial charge in [0.2, 0.25) is 0 Å². The van der Waals surface area contributed by atoms with Crippen LogP contribution < -0.4 is 0 Å². The van der Waals surface area contributed by atoms with Crippen molar-refractivity contribution < 1.29 is 0 Å². The zero-order valence-corrected chi connectivity index (χ0v) is 34.5. The molecule has 12 rings (SSSR count). The molecule has 12 aromatic rings. The normalized spacial score (nSPS) is 11.6. The Morgan fingerprint density at radius 1 is 0.270 bits per heavy atom. The molecule has 3 aromatic heterocycles. The maximum Gasteiger partial charge on any atom is 0.164 e. The smallest absolute Gasteiger partial charge is 0.164 e. The second-order valence-corrected chi connectivity index (χ2v) is 16.2. The molecule has 0 aliphatic heterocycles. The van der Waals surface area contributed by atoms with E-state index in [0.717, 1.165) is 61.4 Å². The molecule has 63 heavy (non-hydrogen) atoms. The number of aromatic nitrogens is 5. The average molecular weight is 806 g/mol. The highest BCUT2D eigenvalue weighted by Gasteiger charge is 2.20. The predicted octanol–water partition coefficient (Wildman–Crippen LogP) is 14.7. The minimum atomic E-state index is 0.606. The molecule has 5 nitrogen and oxygen atoms in total. The van der Waals surface area contributed by atoms with Crippen LogP contribution in [0.25, 0.3) is 111 Å². The first-order chi connectivity index (χ1) is 31.1. The topological polar surface area (TPSA) is 48.5 Å². The molecular formula is C58H39N5. The molecule has 0 radical (unpaired) electrons. The van der Waals surface area contributed by atoms with Crippen molar-refractivity contribution in [1.82, 2.24) is 24.1 Å². The lowest BCUT2D eigenvalue weighted by Gasteiger charge is -2.15. The molecule has 0 aliphatic carbocycles. The third-order valence-corrected chi connectivity index (χ3v) is 12.2. The monoisotopic (exact) mass is 805 g/mol. The maximum atomic E-state index is 5.28. The Labute approximate surface area is 364 Å². The Bertz CT molecular complexity index is 3620. The number of hydrogen-bond donors (Lipinski definition) is 0. The highest BCUT2D eigenvalue weighted by Crippen LogP contribution is 2.39. The van der Waals surface area contributed by atoms with Crippen LogP contribution in [-0.2, 0) is 0 Å². The van der Waals surface area contributed by atoms with Gasteiger partial charge in [0.25, 0.3) is 0 Å². The van der Waals surface area contributed by atoms with Gasteiger partial charge in [0.1, 0.15) is 0 Å². The molecule has 0 aliphatic rings. The Balaban J connectivity index is 1.09. The minimum Gasteiger partial charge on any atom is -0.309 e. The van der Waals surface area contributed by atoms with E-state index in [1.54, 1.807) is 0 Å². The van der Waals surface area contributed by atoms with Crippen LogP contribution in [0.5, 0.6) is 0 Å². The molecule has 0 N–H and O–H groups in total. The average Bonchev–Trinajstić information content (AvgIpc) is 3.87. The summed E-state index contributed by atoms with van der Waals surface area (Å²) in [7, 11) is 0. The molecule has 0 atom stereocenters. The van der Waals surface area contributed by atoms with Crippen LogP contribution in [0.3, 0.4) is 0 Å². The van der Waals surface area contributed by atoms with Gasteiger partial charge in [0.15, 0.2) is 17.5 Å². The van der Waals surface area contributed by atoms with Crippen LogP contribution in [0.1, 0.15) is 5.56 Å². The van der Waals surface area contributed by atoms with E-state index in [9.17, 15) is 0 Å². The van der Waals surface area contributed by atoms with Crippen LogP contribution in [0.4, 0.5) is 0 Å². The Morgan fingerprint density at radius 3 is 1.32 bits per heavy atom. The first-order valence-corrected chi connectivity index (χ1v) is 21.3. The molecular weight excluding hydrogens is 767 g/mol. The van der Waals surface area contributed by atoms with Crippen LogP contribution in [0.15, 0.2) is 218 Å². The van der Waals surface area contributed by atoms with Gasteiger partial charge in [-0.1, -0.05) is 169 Å². The van der Waals surface area contributed by atoms with Crippen molar-refractivity contribution >= 4 is 43.6 Å². The first kappa shape index (κ1) is 36.4. The lowest BCUT2D eigenvalue weighted by molar-refractivity contribution is 1.07. The summed E-state index contributed by atoms with van der Waals surface area (Å²) in [5, 5.41) is 4.85. The van der Waals surface area contributed by atoms with E-state index in [1.807, 2.05) is 6.07 Å². The largest absolute Gasteiger partial charge is 0.309 e. The van der Waals surface area contributed by atoms with Crippen LogP contribution in [0.2, 0.25) is 0 Å². The van der Waals surface area contributed by atoms with Crippen molar-refractivity contribution in [2.24, 2.45) is 0 Å². The zero-order chi connectivity index (χ0) is 41.9. The van der Waals surface area contributed by atoms with E-state index in [4.69, 9.17) is 15.0 Å². The van der Waals surface area contributed by atoms with E-state index in [0.29, 0.717) is 17.5 Å². The van der Waals surface area contributed by atoms with Crippen molar-refractivity contribution in [1.29, 1.82) is 0 Å². The standard InChI is InChI=1S/C58H39N5/c1-38-15-14-20-43(33-38)57-59-56(42-29-27-41(28-30-42)39-16-4-2-5-17-39)60-58(61-57)45-34-44(40-18-6-3-7-19-40)35-47(36-45)63-54-26-13-10-23-50(54)51-32-31-46(37-55(51)63)62-52-24-11-8-21-48(52)49-22-9-12-25-53(49)62/h2-37H,1H3. The fraction of sp³-hybridized carbons (Fsp3) is 0.0172. The van der Waals surface area contributed by atoms with Crippen LogP contribution in [0, 0.1) is 6.92 Å². The molecule has 0 saturated heterocycles. The van der Waals surface area contributed by atoms with Crippen molar-refractivity contribution in [3.8, 4) is 67.8 Å². The molecule has 296 valence electrons. The number of rotatable bonds is 7. The molecule has 0 saturated carbocycles. The summed E-state index contributed by atoms with van der Waals surface area (Å²) < 4.78 is 4.80. The minimum absolute atomic E-state index is 0.606. The molecule has 0 spiro atoms. The molecule has 0 unspecified atom stereocenters. The molecule has 0 amide bonds. The van der Waals surface area contributed by atoms with Crippen LogP contribution >= 0.6 is 0 Å². The second-order valence-electron chi connectivity index (χ2n) is 16.2.